The van der Waals surface area contributed by atoms with Crippen molar-refractivity contribution in [2.45, 2.75) is 45.0 Å². The Hall–Kier alpha value is -0.800. The molecule has 2 aliphatic heterocycles. The van der Waals surface area contributed by atoms with Gasteiger partial charge in [-0.3, -0.25) is 0 Å². The summed E-state index contributed by atoms with van der Waals surface area (Å²) in [5.74, 6) is 0. The fourth-order valence-electron chi connectivity index (χ4n) is 1.88. The molecule has 0 amide bonds. The average Bonchev–Trinajstić information content (AvgIpc) is 2.31. The van der Waals surface area contributed by atoms with Crippen LogP contribution in [0.2, 0.25) is 0 Å². The minimum Gasteiger partial charge on any atom is -0.363 e. The maximum Gasteiger partial charge on any atom is 0.158 e. The molecule has 1 N–H and O–H groups in total. The molecule has 1 saturated heterocycles. The highest BCUT2D eigenvalue weighted by Gasteiger charge is 2.19. The van der Waals surface area contributed by atoms with Gasteiger partial charge in [0.15, 0.2) is 6.29 Å². The first-order valence-electron chi connectivity index (χ1n) is 5.75. The van der Waals surface area contributed by atoms with E-state index in [9.17, 15) is 0 Å². The summed E-state index contributed by atoms with van der Waals surface area (Å²) in [7, 11) is 0. The van der Waals surface area contributed by atoms with Gasteiger partial charge < -0.3 is 14.8 Å². The van der Waals surface area contributed by atoms with Crippen molar-refractivity contribution in [3.05, 3.63) is 24.0 Å². The van der Waals surface area contributed by atoms with Crippen LogP contribution in [-0.4, -0.2) is 19.0 Å². The summed E-state index contributed by atoms with van der Waals surface area (Å²) in [5.41, 5.74) is 1.15. The second kappa shape index (κ2) is 5.33. The minimum atomic E-state index is -0.0117. The van der Waals surface area contributed by atoms with E-state index in [1.807, 2.05) is 6.20 Å². The molecule has 0 aromatic rings. The predicted molar refractivity (Wildman–Crippen MR) is 59.1 cm³/mol. The van der Waals surface area contributed by atoms with E-state index in [-0.39, 0.29) is 12.4 Å². The minimum absolute atomic E-state index is 0.0117. The predicted octanol–water partition coefficient (Wildman–Crippen LogP) is 2.31. The number of ether oxygens (including phenoxy) is 2. The molecule has 0 aromatic heterocycles. The molecule has 2 aliphatic rings. The Labute approximate surface area is 91.1 Å². The van der Waals surface area contributed by atoms with Crippen LogP contribution in [0.3, 0.4) is 0 Å². The van der Waals surface area contributed by atoms with Gasteiger partial charge in [-0.2, -0.15) is 0 Å². The van der Waals surface area contributed by atoms with Gasteiger partial charge in [0.05, 0.1) is 6.10 Å². The van der Waals surface area contributed by atoms with Gasteiger partial charge in [0.1, 0.15) is 0 Å². The molecule has 3 nitrogen and oxygen atoms in total. The lowest BCUT2D eigenvalue weighted by molar-refractivity contribution is -0.177. The van der Waals surface area contributed by atoms with Gasteiger partial charge in [0.25, 0.3) is 0 Å². The summed E-state index contributed by atoms with van der Waals surface area (Å²) in [6.07, 6.45) is 10.7. The molecular formula is C12H19NO2. The van der Waals surface area contributed by atoms with E-state index < -0.39 is 0 Å². The zero-order valence-corrected chi connectivity index (χ0v) is 9.24. The number of hydrogen-bond donors (Lipinski definition) is 1. The van der Waals surface area contributed by atoms with Gasteiger partial charge in [0.2, 0.25) is 0 Å². The van der Waals surface area contributed by atoms with Gasteiger partial charge in [-0.05, 0) is 38.8 Å². The van der Waals surface area contributed by atoms with E-state index >= 15 is 0 Å². The summed E-state index contributed by atoms with van der Waals surface area (Å²) in [4.78, 5) is 0. The van der Waals surface area contributed by atoms with E-state index in [1.165, 1.54) is 6.42 Å². The Morgan fingerprint density at radius 2 is 2.47 bits per heavy atom. The van der Waals surface area contributed by atoms with E-state index in [4.69, 9.17) is 9.47 Å². The van der Waals surface area contributed by atoms with Crippen LogP contribution in [0.4, 0.5) is 0 Å². The molecule has 0 aromatic carbocycles. The van der Waals surface area contributed by atoms with Crippen LogP contribution in [0.1, 0.15) is 32.6 Å². The molecule has 1 fully saturated rings. The Morgan fingerprint density at radius 1 is 1.53 bits per heavy atom. The Bertz CT molecular complexity index is 254. The third-order valence-corrected chi connectivity index (χ3v) is 2.77. The summed E-state index contributed by atoms with van der Waals surface area (Å²) >= 11 is 0. The molecule has 15 heavy (non-hydrogen) atoms. The van der Waals surface area contributed by atoms with Crippen LogP contribution in [0.15, 0.2) is 24.0 Å². The van der Waals surface area contributed by atoms with Crippen LogP contribution in [0.25, 0.3) is 0 Å². The summed E-state index contributed by atoms with van der Waals surface area (Å²) in [6, 6.07) is 0. The van der Waals surface area contributed by atoms with Crippen LogP contribution in [0, 0.1) is 0 Å². The standard InChI is InChI=1S/C12H19NO2/c1-10(11-6-2-4-8-13-11)15-12-7-3-5-9-14-12/h4,6,8,10,12-13H,2-3,5,7,9H2,1H3/t10-,12?/m0/s1. The lowest BCUT2D eigenvalue weighted by Gasteiger charge is -2.27. The highest BCUT2D eigenvalue weighted by Crippen LogP contribution is 2.18. The number of rotatable bonds is 3. The zero-order chi connectivity index (χ0) is 10.5. The second-order valence-corrected chi connectivity index (χ2v) is 4.02. The highest BCUT2D eigenvalue weighted by atomic mass is 16.7. The first-order valence-corrected chi connectivity index (χ1v) is 5.75. The zero-order valence-electron chi connectivity index (χ0n) is 9.24. The lowest BCUT2D eigenvalue weighted by Crippen LogP contribution is -2.30. The van der Waals surface area contributed by atoms with Crippen molar-refractivity contribution in [1.82, 2.24) is 5.32 Å². The molecule has 0 aliphatic carbocycles. The molecule has 0 saturated carbocycles. The highest BCUT2D eigenvalue weighted by molar-refractivity contribution is 5.14. The van der Waals surface area contributed by atoms with Gasteiger partial charge >= 0.3 is 0 Å². The molecule has 0 bridgehead atoms. The van der Waals surface area contributed by atoms with Crippen molar-refractivity contribution in [3.63, 3.8) is 0 Å². The fraction of sp³-hybridized carbons (Fsp3) is 0.667. The molecular weight excluding hydrogens is 190 g/mol. The molecule has 2 rings (SSSR count). The molecule has 84 valence electrons. The third-order valence-electron chi connectivity index (χ3n) is 2.77. The topological polar surface area (TPSA) is 30.5 Å². The van der Waals surface area contributed by atoms with Crippen LogP contribution >= 0.6 is 0 Å². The van der Waals surface area contributed by atoms with Crippen molar-refractivity contribution in [2.24, 2.45) is 0 Å². The van der Waals surface area contributed by atoms with E-state index in [0.717, 1.165) is 31.6 Å². The van der Waals surface area contributed by atoms with Crippen molar-refractivity contribution in [2.75, 3.05) is 6.61 Å². The largest absolute Gasteiger partial charge is 0.363 e. The monoisotopic (exact) mass is 209 g/mol. The van der Waals surface area contributed by atoms with Gasteiger partial charge in [-0.15, -0.1) is 0 Å². The Balaban J connectivity index is 1.80. The molecule has 0 spiro atoms. The molecule has 2 heterocycles. The molecule has 3 heteroatoms. The Kier molecular flexibility index (Phi) is 3.80. The van der Waals surface area contributed by atoms with Crippen LogP contribution in [0.5, 0.6) is 0 Å². The van der Waals surface area contributed by atoms with Crippen molar-refractivity contribution < 1.29 is 9.47 Å². The molecule has 1 unspecified atom stereocenters. The number of allylic oxidation sites excluding steroid dienone is 2. The maximum atomic E-state index is 5.84. The number of nitrogens with one attached hydrogen (secondary N) is 1. The first-order chi connectivity index (χ1) is 7.36. The van der Waals surface area contributed by atoms with Crippen molar-refractivity contribution in [3.8, 4) is 0 Å². The van der Waals surface area contributed by atoms with E-state index in [2.05, 4.69) is 24.4 Å². The number of dihydropyridines is 1. The molecule has 2 atom stereocenters. The van der Waals surface area contributed by atoms with Crippen LogP contribution < -0.4 is 5.32 Å². The summed E-state index contributed by atoms with van der Waals surface area (Å²) in [6.45, 7) is 2.90. The third kappa shape index (κ3) is 3.08. The quantitative estimate of drug-likeness (QED) is 0.773. The Morgan fingerprint density at radius 3 is 3.13 bits per heavy atom. The normalized spacial score (nSPS) is 28.1. The van der Waals surface area contributed by atoms with Crippen LogP contribution in [-0.2, 0) is 9.47 Å². The summed E-state index contributed by atoms with van der Waals surface area (Å²) in [5, 5.41) is 3.21. The maximum absolute atomic E-state index is 5.84. The SMILES string of the molecule is C[C@H](OC1CCCCO1)C1=CCC=CN1. The smallest absolute Gasteiger partial charge is 0.158 e. The lowest BCUT2D eigenvalue weighted by atomic mass is 10.2. The van der Waals surface area contributed by atoms with E-state index in [1.54, 1.807) is 0 Å². The average molecular weight is 209 g/mol. The van der Waals surface area contributed by atoms with Gasteiger partial charge in [0, 0.05) is 12.3 Å². The molecule has 0 radical (unpaired) electrons. The van der Waals surface area contributed by atoms with E-state index in [0.29, 0.717) is 0 Å². The summed E-state index contributed by atoms with van der Waals surface area (Å²) < 4.78 is 11.4. The van der Waals surface area contributed by atoms with Gasteiger partial charge in [-0.1, -0.05) is 12.2 Å². The van der Waals surface area contributed by atoms with Crippen molar-refractivity contribution >= 4 is 0 Å². The fourth-order valence-corrected chi connectivity index (χ4v) is 1.88. The number of hydrogen-bond acceptors (Lipinski definition) is 3. The first kappa shape index (κ1) is 10.7. The second-order valence-electron chi connectivity index (χ2n) is 4.02. The van der Waals surface area contributed by atoms with Crippen molar-refractivity contribution in [1.29, 1.82) is 0 Å². The van der Waals surface area contributed by atoms with Gasteiger partial charge in [-0.25, -0.2) is 0 Å².